The predicted octanol–water partition coefficient (Wildman–Crippen LogP) is 0.844. The van der Waals surface area contributed by atoms with Crippen molar-refractivity contribution in [3.8, 4) is 0 Å². The maximum absolute atomic E-state index is 11.0. The molecule has 66 valence electrons. The highest BCUT2D eigenvalue weighted by atomic mass is 32.2. The molecule has 0 unspecified atom stereocenters. The lowest BCUT2D eigenvalue weighted by Crippen LogP contribution is -2.30. The Morgan fingerprint density at radius 2 is 2.09 bits per heavy atom. The summed E-state index contributed by atoms with van der Waals surface area (Å²) in [6, 6.07) is 0. The van der Waals surface area contributed by atoms with Gasteiger partial charge in [-0.05, 0) is 6.42 Å². The van der Waals surface area contributed by atoms with Crippen molar-refractivity contribution in [2.24, 2.45) is 0 Å². The molecule has 0 amide bonds. The van der Waals surface area contributed by atoms with E-state index >= 15 is 0 Å². The molecular formula is C7H15NO2S. The fourth-order valence-corrected chi connectivity index (χ4v) is 1.68. The normalized spacial score (nSPS) is 11.9. The summed E-state index contributed by atoms with van der Waals surface area (Å²) in [5, 5.41) is 0. The second kappa shape index (κ2) is 4.51. The van der Waals surface area contributed by atoms with Crippen LogP contribution in [0.1, 0.15) is 13.3 Å². The van der Waals surface area contributed by atoms with Crippen LogP contribution in [0.2, 0.25) is 0 Å². The second-order valence-electron chi connectivity index (χ2n) is 2.41. The molecule has 0 aliphatic rings. The summed E-state index contributed by atoms with van der Waals surface area (Å²) in [5.41, 5.74) is 0. The van der Waals surface area contributed by atoms with Crippen LogP contribution >= 0.6 is 0 Å². The van der Waals surface area contributed by atoms with Crippen molar-refractivity contribution in [2.75, 3.05) is 19.3 Å². The minimum Gasteiger partial charge on any atom is -0.212 e. The smallest absolute Gasteiger partial charge is 0.211 e. The third-order valence-corrected chi connectivity index (χ3v) is 2.54. The SMILES string of the molecule is C=CCN(CCC)S(C)(=O)=O. The lowest BCUT2D eigenvalue weighted by Gasteiger charge is -2.16. The molecule has 0 heterocycles. The number of hydrogen-bond donors (Lipinski definition) is 0. The largest absolute Gasteiger partial charge is 0.212 e. The molecule has 0 aromatic heterocycles. The van der Waals surface area contributed by atoms with Gasteiger partial charge < -0.3 is 0 Å². The van der Waals surface area contributed by atoms with Crippen molar-refractivity contribution in [3.63, 3.8) is 0 Å². The van der Waals surface area contributed by atoms with Crippen LogP contribution in [0.5, 0.6) is 0 Å². The van der Waals surface area contributed by atoms with Crippen LogP contribution < -0.4 is 0 Å². The molecular weight excluding hydrogens is 162 g/mol. The van der Waals surface area contributed by atoms with E-state index in [0.29, 0.717) is 13.1 Å². The van der Waals surface area contributed by atoms with Gasteiger partial charge in [-0.25, -0.2) is 8.42 Å². The molecule has 0 atom stereocenters. The summed E-state index contributed by atoms with van der Waals surface area (Å²) in [6.45, 7) is 6.42. The molecule has 0 aromatic rings. The highest BCUT2D eigenvalue weighted by Crippen LogP contribution is 1.98. The Hall–Kier alpha value is -0.350. The molecule has 3 nitrogen and oxygen atoms in total. The van der Waals surface area contributed by atoms with E-state index in [2.05, 4.69) is 6.58 Å². The van der Waals surface area contributed by atoms with Crippen LogP contribution in [0.4, 0.5) is 0 Å². The van der Waals surface area contributed by atoms with Gasteiger partial charge in [0.1, 0.15) is 0 Å². The van der Waals surface area contributed by atoms with E-state index in [0.717, 1.165) is 6.42 Å². The van der Waals surface area contributed by atoms with Crippen molar-refractivity contribution in [1.29, 1.82) is 0 Å². The first-order valence-electron chi connectivity index (χ1n) is 3.58. The van der Waals surface area contributed by atoms with E-state index in [-0.39, 0.29) is 0 Å². The maximum Gasteiger partial charge on any atom is 0.211 e. The van der Waals surface area contributed by atoms with Gasteiger partial charge in [0.2, 0.25) is 10.0 Å². The van der Waals surface area contributed by atoms with Crippen LogP contribution in [0.25, 0.3) is 0 Å². The summed E-state index contributed by atoms with van der Waals surface area (Å²) in [6.07, 6.45) is 3.64. The van der Waals surface area contributed by atoms with Gasteiger partial charge in [0.25, 0.3) is 0 Å². The van der Waals surface area contributed by atoms with E-state index < -0.39 is 10.0 Å². The first-order chi connectivity index (χ1) is 5.02. The number of nitrogens with zero attached hydrogens (tertiary/aromatic N) is 1. The van der Waals surface area contributed by atoms with Gasteiger partial charge in [-0.15, -0.1) is 6.58 Å². The Morgan fingerprint density at radius 3 is 2.36 bits per heavy atom. The van der Waals surface area contributed by atoms with Crippen molar-refractivity contribution in [3.05, 3.63) is 12.7 Å². The molecule has 0 aromatic carbocycles. The molecule has 11 heavy (non-hydrogen) atoms. The third kappa shape index (κ3) is 4.16. The second-order valence-corrected chi connectivity index (χ2v) is 4.39. The number of rotatable bonds is 5. The van der Waals surface area contributed by atoms with E-state index in [9.17, 15) is 8.42 Å². The summed E-state index contributed by atoms with van der Waals surface area (Å²) in [5.74, 6) is 0. The molecule has 0 fully saturated rings. The summed E-state index contributed by atoms with van der Waals surface area (Å²) >= 11 is 0. The van der Waals surface area contributed by atoms with Crippen molar-refractivity contribution in [1.82, 2.24) is 4.31 Å². The average molecular weight is 177 g/mol. The Balaban J connectivity index is 4.21. The Bertz CT molecular complexity index is 208. The molecule has 0 saturated heterocycles. The zero-order chi connectivity index (χ0) is 8.91. The average Bonchev–Trinajstić information content (AvgIpc) is 1.85. The minimum absolute atomic E-state index is 0.409. The Labute approximate surface area is 68.8 Å². The van der Waals surface area contributed by atoms with Crippen molar-refractivity contribution >= 4 is 10.0 Å². The first-order valence-corrected chi connectivity index (χ1v) is 5.43. The lowest BCUT2D eigenvalue weighted by atomic mass is 10.5. The van der Waals surface area contributed by atoms with E-state index in [1.54, 1.807) is 6.08 Å². The quantitative estimate of drug-likeness (QED) is 0.584. The number of hydrogen-bond acceptors (Lipinski definition) is 2. The molecule has 0 bridgehead atoms. The zero-order valence-corrected chi connectivity index (χ0v) is 7.89. The van der Waals surface area contributed by atoms with Crippen molar-refractivity contribution < 1.29 is 8.42 Å². The van der Waals surface area contributed by atoms with Crippen LogP contribution in [0, 0.1) is 0 Å². The van der Waals surface area contributed by atoms with Crippen molar-refractivity contribution in [2.45, 2.75) is 13.3 Å². The van der Waals surface area contributed by atoms with E-state index in [1.165, 1.54) is 10.6 Å². The molecule has 0 saturated carbocycles. The first kappa shape index (κ1) is 10.7. The predicted molar refractivity (Wildman–Crippen MR) is 46.9 cm³/mol. The van der Waals surface area contributed by atoms with Gasteiger partial charge in [0.05, 0.1) is 6.26 Å². The fraction of sp³-hybridized carbons (Fsp3) is 0.714. The molecule has 0 aliphatic heterocycles. The monoisotopic (exact) mass is 177 g/mol. The summed E-state index contributed by atoms with van der Waals surface area (Å²) in [7, 11) is -3.03. The lowest BCUT2D eigenvalue weighted by molar-refractivity contribution is 0.446. The zero-order valence-electron chi connectivity index (χ0n) is 7.08. The Kier molecular flexibility index (Phi) is 4.37. The van der Waals surface area contributed by atoms with Gasteiger partial charge >= 0.3 is 0 Å². The molecule has 0 aliphatic carbocycles. The summed E-state index contributed by atoms with van der Waals surface area (Å²) < 4.78 is 23.4. The van der Waals surface area contributed by atoms with Crippen LogP contribution in [-0.4, -0.2) is 32.1 Å². The highest BCUT2D eigenvalue weighted by Gasteiger charge is 2.12. The van der Waals surface area contributed by atoms with Gasteiger partial charge in [0.15, 0.2) is 0 Å². The molecule has 4 heteroatoms. The van der Waals surface area contributed by atoms with Crippen LogP contribution in [0.15, 0.2) is 12.7 Å². The third-order valence-electron chi connectivity index (χ3n) is 1.27. The van der Waals surface area contributed by atoms with Gasteiger partial charge in [0, 0.05) is 13.1 Å². The fourth-order valence-electron chi connectivity index (χ4n) is 0.786. The standard InChI is InChI=1S/C7H15NO2S/c1-4-6-8(7-5-2)11(3,9)10/h4H,1,5-7H2,2-3H3. The van der Waals surface area contributed by atoms with E-state index in [1.807, 2.05) is 6.92 Å². The number of sulfonamides is 1. The van der Waals surface area contributed by atoms with Gasteiger partial charge in [-0.3, -0.25) is 0 Å². The topological polar surface area (TPSA) is 37.4 Å². The van der Waals surface area contributed by atoms with Gasteiger partial charge in [-0.1, -0.05) is 13.0 Å². The molecule has 0 spiro atoms. The highest BCUT2D eigenvalue weighted by molar-refractivity contribution is 7.88. The minimum atomic E-state index is -3.03. The summed E-state index contributed by atoms with van der Waals surface area (Å²) in [4.78, 5) is 0. The van der Waals surface area contributed by atoms with Gasteiger partial charge in [-0.2, -0.15) is 4.31 Å². The maximum atomic E-state index is 11.0. The molecule has 0 rings (SSSR count). The molecule has 0 N–H and O–H groups in total. The van der Waals surface area contributed by atoms with Crippen LogP contribution in [0.3, 0.4) is 0 Å². The Morgan fingerprint density at radius 1 is 1.55 bits per heavy atom. The van der Waals surface area contributed by atoms with E-state index in [4.69, 9.17) is 0 Å². The molecule has 0 radical (unpaired) electrons. The van der Waals surface area contributed by atoms with Crippen LogP contribution in [-0.2, 0) is 10.0 Å².